The average Bonchev–Trinajstić information content (AvgIpc) is 1.87. The molecule has 0 aromatic heterocycles. The molecular weight excluding hydrogens is 120 g/mol. The van der Waals surface area contributed by atoms with E-state index in [-0.39, 0.29) is 18.0 Å². The summed E-state index contributed by atoms with van der Waals surface area (Å²) < 4.78 is 0. The van der Waals surface area contributed by atoms with Crippen molar-refractivity contribution in [1.29, 1.82) is 0 Å². The first-order valence-corrected chi connectivity index (χ1v) is 2.37. The van der Waals surface area contributed by atoms with Crippen LogP contribution < -0.4 is 22.7 Å². The second-order valence-corrected chi connectivity index (χ2v) is 1.39. The maximum absolute atomic E-state index is 10.5. The third-order valence-electron chi connectivity index (χ3n) is 0.746. The van der Waals surface area contributed by atoms with Gasteiger partial charge in [0.1, 0.15) is 0 Å². The molecule has 5 heteroatoms. The maximum Gasteiger partial charge on any atom is 0.193 e. The normalized spacial score (nSPS) is 11.1. The Balaban J connectivity index is 3.86. The number of hydrogen-bond acceptors (Lipinski definition) is 5. The molecule has 0 radical (unpaired) electrons. The minimum atomic E-state index is -0.326. The lowest BCUT2D eigenvalue weighted by Gasteiger charge is -1.94. The second kappa shape index (κ2) is 3.88. The molecule has 0 bridgehead atoms. The number of carbonyl (C=O) groups excluding carboxylic acids is 1. The Hall–Kier alpha value is -1.07. The molecule has 52 valence electrons. The molecule has 0 aromatic rings. The van der Waals surface area contributed by atoms with Gasteiger partial charge in [0.25, 0.3) is 0 Å². The number of nitrogens with one attached hydrogen (secondary N) is 1. The second-order valence-electron chi connectivity index (χ2n) is 1.39. The lowest BCUT2D eigenvalue weighted by atomic mass is 10.3. The highest BCUT2D eigenvalue weighted by Crippen LogP contribution is 1.79. The molecule has 9 heavy (non-hydrogen) atoms. The summed E-state index contributed by atoms with van der Waals surface area (Å²) in [5, 5.41) is 0. The van der Waals surface area contributed by atoms with Crippen molar-refractivity contribution >= 4 is 5.78 Å². The van der Waals surface area contributed by atoms with E-state index in [1.54, 1.807) is 0 Å². The highest BCUT2D eigenvalue weighted by Gasteiger charge is 1.99. The van der Waals surface area contributed by atoms with E-state index in [4.69, 9.17) is 17.3 Å². The van der Waals surface area contributed by atoms with Crippen LogP contribution in [-0.2, 0) is 4.79 Å². The third kappa shape index (κ3) is 2.68. The van der Waals surface area contributed by atoms with Crippen molar-refractivity contribution < 1.29 is 4.79 Å². The first-order valence-electron chi connectivity index (χ1n) is 2.37. The van der Waals surface area contributed by atoms with Gasteiger partial charge in [-0.05, 0) is 0 Å². The van der Waals surface area contributed by atoms with Crippen LogP contribution >= 0.6 is 0 Å². The van der Waals surface area contributed by atoms with Crippen LogP contribution in [0.15, 0.2) is 11.9 Å². The van der Waals surface area contributed by atoms with Gasteiger partial charge >= 0.3 is 0 Å². The Bertz CT molecular complexity index is 131. The molecule has 0 aliphatic heterocycles. The predicted molar refractivity (Wildman–Crippen MR) is 33.7 cm³/mol. The summed E-state index contributed by atoms with van der Waals surface area (Å²) in [4.78, 5) is 10.5. The zero-order chi connectivity index (χ0) is 7.28. The molecule has 0 aliphatic carbocycles. The molecule has 0 aliphatic rings. The number of hydrazine groups is 1. The molecule has 0 heterocycles. The van der Waals surface area contributed by atoms with Gasteiger partial charge in [0.2, 0.25) is 0 Å². The Labute approximate surface area is 52.8 Å². The quantitative estimate of drug-likeness (QED) is 0.196. The van der Waals surface area contributed by atoms with Crippen molar-refractivity contribution in [2.45, 2.75) is 0 Å². The van der Waals surface area contributed by atoms with Gasteiger partial charge in [-0.1, -0.05) is 0 Å². The van der Waals surface area contributed by atoms with E-state index in [1.807, 2.05) is 0 Å². The van der Waals surface area contributed by atoms with Gasteiger partial charge < -0.3 is 16.9 Å². The van der Waals surface area contributed by atoms with Gasteiger partial charge in [-0.15, -0.1) is 0 Å². The predicted octanol–water partition coefficient (Wildman–Crippen LogP) is -2.22. The topological polar surface area (TPSA) is 107 Å². The molecule has 0 aromatic carbocycles. The largest absolute Gasteiger partial charge is 0.395 e. The molecule has 5 nitrogen and oxygen atoms in total. The highest BCUT2D eigenvalue weighted by molar-refractivity contribution is 5.95. The molecule has 7 N–H and O–H groups in total. The van der Waals surface area contributed by atoms with Crippen molar-refractivity contribution in [3.63, 3.8) is 0 Å². The summed E-state index contributed by atoms with van der Waals surface area (Å²) in [5.41, 5.74) is 12.3. The fourth-order valence-corrected chi connectivity index (χ4v) is 0.288. The van der Waals surface area contributed by atoms with Crippen LogP contribution in [0.3, 0.4) is 0 Å². The first kappa shape index (κ1) is 7.93. The van der Waals surface area contributed by atoms with E-state index in [2.05, 4.69) is 5.43 Å². The lowest BCUT2D eigenvalue weighted by molar-refractivity contribution is -0.114. The number of ketones is 1. The van der Waals surface area contributed by atoms with Crippen molar-refractivity contribution in [3.8, 4) is 0 Å². The third-order valence-corrected chi connectivity index (χ3v) is 0.746. The number of hydrogen-bond donors (Lipinski definition) is 4. The summed E-state index contributed by atoms with van der Waals surface area (Å²) >= 11 is 0. The standard InChI is InChI=1S/C4H10N4O/c5-1-4(9)3(6)2-8-7/h2,8H,1,5-7H2/b3-2-. The van der Waals surface area contributed by atoms with Crippen LogP contribution in [0.1, 0.15) is 0 Å². The Morgan fingerprint density at radius 1 is 1.67 bits per heavy atom. The summed E-state index contributed by atoms with van der Waals surface area (Å²) in [6.07, 6.45) is 1.19. The van der Waals surface area contributed by atoms with E-state index in [0.717, 1.165) is 0 Å². The lowest BCUT2D eigenvalue weighted by Crippen LogP contribution is -2.25. The fraction of sp³-hybridized carbons (Fsp3) is 0.250. The Morgan fingerprint density at radius 2 is 2.22 bits per heavy atom. The molecule has 0 amide bonds. The molecule has 0 saturated carbocycles. The van der Waals surface area contributed by atoms with Crippen LogP contribution in [0, 0.1) is 0 Å². The average molecular weight is 130 g/mol. The van der Waals surface area contributed by atoms with E-state index in [0.29, 0.717) is 0 Å². The molecular formula is C4H10N4O. The minimum Gasteiger partial charge on any atom is -0.395 e. The zero-order valence-corrected chi connectivity index (χ0v) is 4.92. The number of carbonyl (C=O) groups is 1. The summed E-state index contributed by atoms with van der Waals surface area (Å²) in [6, 6.07) is 0. The van der Waals surface area contributed by atoms with Gasteiger partial charge in [0.15, 0.2) is 5.78 Å². The molecule has 0 fully saturated rings. The maximum atomic E-state index is 10.5. The number of rotatable bonds is 3. The molecule has 0 saturated heterocycles. The number of nitrogens with two attached hydrogens (primary N) is 3. The SMILES string of the molecule is NCC(=O)/C(N)=C/NN. The van der Waals surface area contributed by atoms with E-state index < -0.39 is 0 Å². The van der Waals surface area contributed by atoms with Crippen LogP contribution in [0.5, 0.6) is 0 Å². The first-order chi connectivity index (χ1) is 4.22. The van der Waals surface area contributed by atoms with E-state index in [9.17, 15) is 4.79 Å². The summed E-state index contributed by atoms with van der Waals surface area (Å²) in [6.45, 7) is -0.0932. The molecule has 0 rings (SSSR count). The van der Waals surface area contributed by atoms with Crippen molar-refractivity contribution in [2.24, 2.45) is 17.3 Å². The number of Topliss-reactive ketones (excluding diaryl/α,β-unsaturated/α-hetero) is 1. The molecule has 0 spiro atoms. The van der Waals surface area contributed by atoms with Crippen molar-refractivity contribution in [3.05, 3.63) is 11.9 Å². The monoisotopic (exact) mass is 130 g/mol. The van der Waals surface area contributed by atoms with E-state index in [1.165, 1.54) is 6.20 Å². The highest BCUT2D eigenvalue weighted by atomic mass is 16.1. The summed E-state index contributed by atoms with van der Waals surface area (Å²) in [7, 11) is 0. The van der Waals surface area contributed by atoms with Crippen LogP contribution in [0.2, 0.25) is 0 Å². The van der Waals surface area contributed by atoms with Gasteiger partial charge in [0, 0.05) is 6.20 Å². The molecule has 0 unspecified atom stereocenters. The van der Waals surface area contributed by atoms with Crippen LogP contribution in [-0.4, -0.2) is 12.3 Å². The Morgan fingerprint density at radius 3 is 2.56 bits per heavy atom. The van der Waals surface area contributed by atoms with Crippen molar-refractivity contribution in [1.82, 2.24) is 5.43 Å². The molecule has 0 atom stereocenters. The van der Waals surface area contributed by atoms with Crippen LogP contribution in [0.25, 0.3) is 0 Å². The van der Waals surface area contributed by atoms with Gasteiger partial charge in [-0.2, -0.15) is 0 Å². The zero-order valence-electron chi connectivity index (χ0n) is 4.92. The van der Waals surface area contributed by atoms with Gasteiger partial charge in [0.05, 0.1) is 12.2 Å². The smallest absolute Gasteiger partial charge is 0.193 e. The fourth-order valence-electron chi connectivity index (χ4n) is 0.288. The van der Waals surface area contributed by atoms with E-state index >= 15 is 0 Å². The van der Waals surface area contributed by atoms with Crippen molar-refractivity contribution in [2.75, 3.05) is 6.54 Å². The van der Waals surface area contributed by atoms with Crippen LogP contribution in [0.4, 0.5) is 0 Å². The van der Waals surface area contributed by atoms with Gasteiger partial charge in [-0.3, -0.25) is 10.6 Å². The Kier molecular flexibility index (Phi) is 3.41. The minimum absolute atomic E-state index is 0.0417. The summed E-state index contributed by atoms with van der Waals surface area (Å²) in [5.74, 6) is 4.50. The van der Waals surface area contributed by atoms with Gasteiger partial charge in [-0.25, -0.2) is 0 Å².